The Morgan fingerprint density at radius 1 is 1.03 bits per heavy atom. The molecule has 168 valence electrons. The molecule has 0 aliphatic heterocycles. The Labute approximate surface area is 191 Å². The third-order valence-corrected chi connectivity index (χ3v) is 6.36. The average Bonchev–Trinajstić information content (AvgIpc) is 3.28. The fourth-order valence-corrected chi connectivity index (χ4v) is 4.45. The molecule has 9 heteroatoms. The van der Waals surface area contributed by atoms with Crippen LogP contribution in [0.1, 0.15) is 15.9 Å². The predicted octanol–water partition coefficient (Wildman–Crippen LogP) is 4.11. The van der Waals surface area contributed by atoms with Crippen molar-refractivity contribution in [3.8, 4) is 16.9 Å². The zero-order valence-electron chi connectivity index (χ0n) is 17.7. The Morgan fingerprint density at radius 3 is 2.55 bits per heavy atom. The first-order valence-corrected chi connectivity index (χ1v) is 11.4. The van der Waals surface area contributed by atoms with E-state index in [9.17, 15) is 18.3 Å². The fraction of sp³-hybridized carbons (Fsp3) is 0.0833. The minimum Gasteiger partial charge on any atom is -0.497 e. The maximum atomic E-state index is 13.0. The van der Waals surface area contributed by atoms with E-state index in [0.717, 1.165) is 11.1 Å². The number of hydrogen-bond acceptors (Lipinski definition) is 5. The van der Waals surface area contributed by atoms with Gasteiger partial charge in [-0.25, -0.2) is 13.2 Å². The molecule has 3 aromatic carbocycles. The summed E-state index contributed by atoms with van der Waals surface area (Å²) in [7, 11) is -2.65. The molecule has 2 N–H and O–H groups in total. The summed E-state index contributed by atoms with van der Waals surface area (Å²) in [6.07, 6.45) is 3.52. The summed E-state index contributed by atoms with van der Waals surface area (Å²) in [6.45, 7) is 0.591. The van der Waals surface area contributed by atoms with Crippen LogP contribution in [-0.4, -0.2) is 36.4 Å². The maximum absolute atomic E-state index is 13.0. The highest BCUT2D eigenvalue weighted by Gasteiger charge is 2.20. The van der Waals surface area contributed by atoms with Crippen molar-refractivity contribution < 1.29 is 23.1 Å². The molecule has 0 amide bonds. The lowest BCUT2D eigenvalue weighted by molar-refractivity contribution is 0.0698. The largest absolute Gasteiger partial charge is 0.497 e. The van der Waals surface area contributed by atoms with E-state index >= 15 is 0 Å². The summed E-state index contributed by atoms with van der Waals surface area (Å²) in [5, 5.41) is 13.8. The quantitative estimate of drug-likeness (QED) is 0.407. The van der Waals surface area contributed by atoms with E-state index in [0.29, 0.717) is 17.9 Å². The number of methoxy groups -OCH3 is 1. The smallest absolute Gasteiger partial charge is 0.337 e. The van der Waals surface area contributed by atoms with Gasteiger partial charge in [0.2, 0.25) is 0 Å². The van der Waals surface area contributed by atoms with Gasteiger partial charge in [0.05, 0.1) is 36.0 Å². The molecule has 4 aromatic rings. The van der Waals surface area contributed by atoms with E-state index in [1.807, 2.05) is 36.5 Å². The molecule has 8 nitrogen and oxygen atoms in total. The number of nitrogens with one attached hydrogen (secondary N) is 1. The van der Waals surface area contributed by atoms with E-state index in [1.54, 1.807) is 23.0 Å². The number of carboxylic acid groups (broad SMARTS) is 1. The molecule has 4 rings (SSSR count). The van der Waals surface area contributed by atoms with Gasteiger partial charge in [0.1, 0.15) is 5.75 Å². The lowest BCUT2D eigenvalue weighted by Gasteiger charge is -2.12. The lowest BCUT2D eigenvalue weighted by Crippen LogP contribution is -2.15. The molecule has 0 bridgehead atoms. The number of aromatic nitrogens is 2. The minimum atomic E-state index is -4.06. The van der Waals surface area contributed by atoms with Crippen molar-refractivity contribution in [2.75, 3.05) is 11.8 Å². The number of aromatic carboxylic acids is 1. The van der Waals surface area contributed by atoms with Crippen molar-refractivity contribution in [1.29, 1.82) is 0 Å². The van der Waals surface area contributed by atoms with Crippen LogP contribution < -0.4 is 9.46 Å². The molecule has 0 spiro atoms. The second kappa shape index (κ2) is 9.17. The summed E-state index contributed by atoms with van der Waals surface area (Å²) < 4.78 is 35.3. The molecular weight excluding hydrogens is 442 g/mol. The van der Waals surface area contributed by atoms with Crippen molar-refractivity contribution in [2.24, 2.45) is 0 Å². The zero-order chi connectivity index (χ0) is 23.4. The minimum absolute atomic E-state index is 0.00466. The standard InChI is InChI=1S/C24H21N3O5S/c1-32-20-10-11-22(24(28)29)23(13-20)26-33(30,31)21-9-5-8-18(12-21)19-14-25-27(16-19)15-17-6-3-2-4-7-17/h2-14,16,26H,15H2,1H3,(H,28,29). The van der Waals surface area contributed by atoms with Crippen LogP contribution in [0.5, 0.6) is 5.75 Å². The molecule has 0 saturated carbocycles. The third-order valence-electron chi connectivity index (χ3n) is 5.00. The Hall–Kier alpha value is -4.11. The summed E-state index contributed by atoms with van der Waals surface area (Å²) in [5.74, 6) is -0.924. The van der Waals surface area contributed by atoms with Gasteiger partial charge in [0, 0.05) is 17.8 Å². The maximum Gasteiger partial charge on any atom is 0.337 e. The van der Waals surface area contributed by atoms with E-state index in [4.69, 9.17) is 4.74 Å². The number of nitrogens with zero attached hydrogens (tertiary/aromatic N) is 2. The summed E-state index contributed by atoms with van der Waals surface area (Å²) in [6, 6.07) is 20.3. The van der Waals surface area contributed by atoms with Crippen molar-refractivity contribution in [1.82, 2.24) is 9.78 Å². The second-order valence-corrected chi connectivity index (χ2v) is 8.94. The summed E-state index contributed by atoms with van der Waals surface area (Å²) in [5.41, 5.74) is 2.26. The van der Waals surface area contributed by atoms with Crippen LogP contribution in [0, 0.1) is 0 Å². The normalized spacial score (nSPS) is 11.2. The van der Waals surface area contributed by atoms with Crippen LogP contribution in [0.4, 0.5) is 5.69 Å². The van der Waals surface area contributed by atoms with Crippen LogP contribution >= 0.6 is 0 Å². The number of anilines is 1. The topological polar surface area (TPSA) is 111 Å². The number of benzene rings is 3. The Balaban J connectivity index is 1.61. The number of hydrogen-bond donors (Lipinski definition) is 2. The molecule has 0 atom stereocenters. The number of rotatable bonds is 8. The van der Waals surface area contributed by atoms with Crippen LogP contribution in [0.15, 0.2) is 90.1 Å². The van der Waals surface area contributed by atoms with Gasteiger partial charge in [-0.15, -0.1) is 0 Å². The molecule has 0 radical (unpaired) electrons. The van der Waals surface area contributed by atoms with Gasteiger partial charge < -0.3 is 9.84 Å². The van der Waals surface area contributed by atoms with Gasteiger partial charge in [0.25, 0.3) is 10.0 Å². The van der Waals surface area contributed by atoms with E-state index in [2.05, 4.69) is 9.82 Å². The highest BCUT2D eigenvalue weighted by atomic mass is 32.2. The number of carbonyl (C=O) groups is 1. The molecule has 0 unspecified atom stereocenters. The van der Waals surface area contributed by atoms with Crippen LogP contribution in [-0.2, 0) is 16.6 Å². The van der Waals surface area contributed by atoms with E-state index in [1.165, 1.54) is 37.4 Å². The van der Waals surface area contributed by atoms with Gasteiger partial charge in [-0.3, -0.25) is 9.40 Å². The molecule has 0 fully saturated rings. The molecule has 33 heavy (non-hydrogen) atoms. The monoisotopic (exact) mass is 463 g/mol. The average molecular weight is 464 g/mol. The van der Waals surface area contributed by atoms with Crippen LogP contribution in [0.3, 0.4) is 0 Å². The van der Waals surface area contributed by atoms with Crippen molar-refractivity contribution in [3.63, 3.8) is 0 Å². The zero-order valence-corrected chi connectivity index (χ0v) is 18.5. The summed E-state index contributed by atoms with van der Waals surface area (Å²) in [4.78, 5) is 11.5. The van der Waals surface area contributed by atoms with Gasteiger partial charge in [-0.1, -0.05) is 42.5 Å². The second-order valence-electron chi connectivity index (χ2n) is 7.26. The fourth-order valence-electron chi connectivity index (χ4n) is 3.34. The third kappa shape index (κ3) is 5.04. The van der Waals surface area contributed by atoms with Crippen molar-refractivity contribution >= 4 is 21.7 Å². The van der Waals surface area contributed by atoms with Crippen LogP contribution in [0.25, 0.3) is 11.1 Å². The van der Waals surface area contributed by atoms with Crippen LogP contribution in [0.2, 0.25) is 0 Å². The first-order valence-electron chi connectivity index (χ1n) is 9.97. The molecule has 0 aliphatic carbocycles. The molecule has 0 aliphatic rings. The Bertz CT molecular complexity index is 1400. The number of sulfonamides is 1. The first-order chi connectivity index (χ1) is 15.9. The molecule has 0 saturated heterocycles. The van der Waals surface area contributed by atoms with E-state index < -0.39 is 16.0 Å². The lowest BCUT2D eigenvalue weighted by atomic mass is 10.1. The SMILES string of the molecule is COc1ccc(C(=O)O)c(NS(=O)(=O)c2cccc(-c3cnn(Cc4ccccc4)c3)c2)c1. The first kappa shape index (κ1) is 22.1. The number of carboxylic acids is 1. The Morgan fingerprint density at radius 2 is 1.82 bits per heavy atom. The predicted molar refractivity (Wildman–Crippen MR) is 124 cm³/mol. The summed E-state index contributed by atoms with van der Waals surface area (Å²) >= 11 is 0. The van der Waals surface area contributed by atoms with Gasteiger partial charge in [0.15, 0.2) is 0 Å². The Kier molecular flexibility index (Phi) is 6.14. The highest BCUT2D eigenvalue weighted by molar-refractivity contribution is 7.92. The molecule has 1 aromatic heterocycles. The molecule has 1 heterocycles. The van der Waals surface area contributed by atoms with Crippen molar-refractivity contribution in [2.45, 2.75) is 11.4 Å². The van der Waals surface area contributed by atoms with Gasteiger partial charge in [-0.2, -0.15) is 5.10 Å². The number of ether oxygens (including phenoxy) is 1. The molecular formula is C24H21N3O5S. The highest BCUT2D eigenvalue weighted by Crippen LogP contribution is 2.27. The van der Waals surface area contributed by atoms with Gasteiger partial charge in [-0.05, 0) is 35.4 Å². The van der Waals surface area contributed by atoms with Crippen molar-refractivity contribution in [3.05, 3.63) is 96.3 Å². The van der Waals surface area contributed by atoms with Gasteiger partial charge >= 0.3 is 5.97 Å². The van der Waals surface area contributed by atoms with E-state index in [-0.39, 0.29) is 16.1 Å².